The van der Waals surface area contributed by atoms with Crippen LogP contribution in [0.25, 0.3) is 0 Å². The molecule has 0 fully saturated rings. The van der Waals surface area contributed by atoms with Gasteiger partial charge >= 0.3 is 9.05 Å². The van der Waals surface area contributed by atoms with Gasteiger partial charge in [-0.3, -0.25) is 0 Å². The van der Waals surface area contributed by atoms with E-state index in [9.17, 15) is 0 Å². The van der Waals surface area contributed by atoms with Crippen LogP contribution in [-0.2, 0) is 0 Å². The van der Waals surface area contributed by atoms with E-state index in [4.69, 9.17) is 19.2 Å². The summed E-state index contributed by atoms with van der Waals surface area (Å²) in [6.45, 7) is 0. The van der Waals surface area contributed by atoms with Crippen molar-refractivity contribution in [3.05, 3.63) is 0 Å². The molecule has 0 aromatic carbocycles. The van der Waals surface area contributed by atoms with Crippen molar-refractivity contribution in [1.82, 2.24) is 0 Å². The Bertz CT molecular complexity index is 23.0. The molecule has 6 heavy (non-hydrogen) atoms. The van der Waals surface area contributed by atoms with Gasteiger partial charge < -0.3 is 19.2 Å². The van der Waals surface area contributed by atoms with Crippen LogP contribution >= 0.6 is 0 Å². The maximum atomic E-state index is 7.33. The molecule has 4 N–H and O–H groups in total. The number of hydrogen-bond acceptors (Lipinski definition) is 4. The Morgan fingerprint density at radius 2 is 0.833 bits per heavy atom. The third-order valence-electron chi connectivity index (χ3n) is 0. The molecule has 1 radical (unpaired) electrons. The zero-order valence-electron chi connectivity index (χ0n) is 3.29. The summed E-state index contributed by atoms with van der Waals surface area (Å²) in [5, 5.41) is 0. The molecule has 4 nitrogen and oxygen atoms in total. The van der Waals surface area contributed by atoms with Crippen LogP contribution in [0.4, 0.5) is 0 Å². The molecule has 0 spiro atoms. The van der Waals surface area contributed by atoms with Crippen LogP contribution in [0.15, 0.2) is 0 Å². The molecule has 0 aliphatic carbocycles. The van der Waals surface area contributed by atoms with Crippen molar-refractivity contribution in [2.45, 2.75) is 0 Å². The van der Waals surface area contributed by atoms with E-state index in [1.807, 2.05) is 0 Å². The first kappa shape index (κ1) is 10.6. The number of hydrogen-bond donors (Lipinski definition) is 4. The van der Waals surface area contributed by atoms with Crippen LogP contribution in [0.3, 0.4) is 0 Å². The number of rotatable bonds is 0. The summed E-state index contributed by atoms with van der Waals surface area (Å²) in [7, 11) is -4.61. The van der Waals surface area contributed by atoms with Crippen molar-refractivity contribution in [2.24, 2.45) is 0 Å². The van der Waals surface area contributed by atoms with Crippen molar-refractivity contribution in [3.63, 3.8) is 0 Å². The van der Waals surface area contributed by atoms with Gasteiger partial charge in [0.25, 0.3) is 0 Å². The Morgan fingerprint density at radius 1 is 0.833 bits per heavy atom. The minimum absolute atomic E-state index is 0. The molecule has 0 bridgehead atoms. The Hall–Kier alpha value is 1.69. The minimum Gasteiger partial charge on any atom is -0.368 e. The molecular weight excluding hydrogens is 131 g/mol. The van der Waals surface area contributed by atoms with Crippen molar-refractivity contribution < 1.29 is 19.2 Å². The van der Waals surface area contributed by atoms with Gasteiger partial charge in [0.1, 0.15) is 0 Å². The minimum atomic E-state index is -4.61. The predicted molar refractivity (Wildman–Crippen MR) is 20.4 cm³/mol. The van der Waals surface area contributed by atoms with Gasteiger partial charge in [-0.25, -0.2) is 0 Å². The Labute approximate surface area is 78.3 Å². The fourth-order valence-corrected chi connectivity index (χ4v) is 0. The zero-order valence-corrected chi connectivity index (χ0v) is 7.41. The SMILES string of the molecule is O[Si](O)(O)O.[K]. The van der Waals surface area contributed by atoms with Gasteiger partial charge in [0, 0.05) is 51.4 Å². The second-order valence-electron chi connectivity index (χ2n) is 0.600. The normalized spacial score (nSPS) is 10.0. The summed E-state index contributed by atoms with van der Waals surface area (Å²) >= 11 is 0. The van der Waals surface area contributed by atoms with Gasteiger partial charge in [0.2, 0.25) is 0 Å². The fraction of sp³-hybridized carbons (Fsp3) is 0. The largest absolute Gasteiger partial charge is 0.668 e. The van der Waals surface area contributed by atoms with Gasteiger partial charge in [-0.1, -0.05) is 0 Å². The van der Waals surface area contributed by atoms with Gasteiger partial charge in [-0.15, -0.1) is 0 Å². The molecule has 0 aromatic heterocycles. The van der Waals surface area contributed by atoms with Crippen molar-refractivity contribution in [2.75, 3.05) is 0 Å². The predicted octanol–water partition coefficient (Wildman–Crippen LogP) is -2.99. The van der Waals surface area contributed by atoms with E-state index in [0.29, 0.717) is 0 Å². The first-order chi connectivity index (χ1) is 2.00. The molecule has 0 amide bonds. The van der Waals surface area contributed by atoms with Crippen LogP contribution < -0.4 is 0 Å². The molecule has 0 aliphatic rings. The molecule has 0 saturated heterocycles. The average molecular weight is 135 g/mol. The van der Waals surface area contributed by atoms with Crippen LogP contribution in [0.5, 0.6) is 0 Å². The molecule has 0 rings (SSSR count). The summed E-state index contributed by atoms with van der Waals surface area (Å²) in [5.74, 6) is 0. The Morgan fingerprint density at radius 3 is 0.833 bits per heavy atom. The summed E-state index contributed by atoms with van der Waals surface area (Å²) in [6.07, 6.45) is 0. The maximum absolute atomic E-state index is 7.33. The summed E-state index contributed by atoms with van der Waals surface area (Å²) in [4.78, 5) is 29.3. The monoisotopic (exact) mass is 135 g/mol. The Balaban J connectivity index is 0. The van der Waals surface area contributed by atoms with Gasteiger partial charge in [0.05, 0.1) is 0 Å². The van der Waals surface area contributed by atoms with Crippen molar-refractivity contribution in [3.8, 4) is 0 Å². The molecule has 0 atom stereocenters. The van der Waals surface area contributed by atoms with E-state index in [0.717, 1.165) is 0 Å². The van der Waals surface area contributed by atoms with Crippen molar-refractivity contribution in [1.29, 1.82) is 0 Å². The maximum Gasteiger partial charge on any atom is 0.668 e. The van der Waals surface area contributed by atoms with Gasteiger partial charge in [-0.05, 0) is 0 Å². The summed E-state index contributed by atoms with van der Waals surface area (Å²) < 4.78 is 0. The average Bonchev–Trinajstić information content (AvgIpc) is 0.722. The summed E-state index contributed by atoms with van der Waals surface area (Å²) in [6, 6.07) is 0. The molecule has 0 heterocycles. The molecule has 33 valence electrons. The molecule has 0 unspecified atom stereocenters. The Kier molecular flexibility index (Phi) is 6.50. The van der Waals surface area contributed by atoms with E-state index < -0.39 is 9.05 Å². The van der Waals surface area contributed by atoms with Crippen LogP contribution in [0.1, 0.15) is 0 Å². The summed E-state index contributed by atoms with van der Waals surface area (Å²) in [5.41, 5.74) is 0. The topological polar surface area (TPSA) is 80.9 Å². The third kappa shape index (κ3) is 43.7. The van der Waals surface area contributed by atoms with Crippen molar-refractivity contribution >= 4 is 60.4 Å². The first-order valence-corrected chi connectivity index (χ1v) is 2.68. The van der Waals surface area contributed by atoms with E-state index in [1.165, 1.54) is 0 Å². The van der Waals surface area contributed by atoms with E-state index in [-0.39, 0.29) is 51.4 Å². The smallest absolute Gasteiger partial charge is 0.368 e. The molecular formula is H4KO4Si. The van der Waals surface area contributed by atoms with Crippen LogP contribution in [0.2, 0.25) is 0 Å². The van der Waals surface area contributed by atoms with Gasteiger partial charge in [-0.2, -0.15) is 0 Å². The second-order valence-corrected chi connectivity index (χ2v) is 1.80. The quantitative estimate of drug-likeness (QED) is 0.267. The first-order valence-electron chi connectivity index (χ1n) is 0.894. The van der Waals surface area contributed by atoms with E-state index in [1.54, 1.807) is 0 Å². The second kappa shape index (κ2) is 3.67. The molecule has 0 aromatic rings. The molecule has 6 heteroatoms. The standard InChI is InChI=1S/K.H4O4Si/c;1-5(2,3)4/h;1-4H. The van der Waals surface area contributed by atoms with Crippen LogP contribution in [0, 0.1) is 0 Å². The molecule has 0 aliphatic heterocycles. The zero-order chi connectivity index (χ0) is 4.50. The van der Waals surface area contributed by atoms with E-state index in [2.05, 4.69) is 0 Å². The molecule has 0 saturated carbocycles. The fourth-order valence-electron chi connectivity index (χ4n) is 0. The van der Waals surface area contributed by atoms with E-state index >= 15 is 0 Å². The van der Waals surface area contributed by atoms with Gasteiger partial charge in [0.15, 0.2) is 0 Å². The third-order valence-corrected chi connectivity index (χ3v) is 0. The van der Waals surface area contributed by atoms with Crippen LogP contribution in [-0.4, -0.2) is 79.6 Å².